The normalized spacial score (nSPS) is 14.9. The minimum Gasteiger partial charge on any atom is -0.409 e. The maximum absolute atomic E-state index is 11.1. The summed E-state index contributed by atoms with van der Waals surface area (Å²) in [6.45, 7) is 1.08. The van der Waals surface area contributed by atoms with E-state index in [1.54, 1.807) is 0 Å². The molecule has 0 aliphatic heterocycles. The van der Waals surface area contributed by atoms with Crippen molar-refractivity contribution in [1.29, 1.82) is 0 Å². The lowest BCUT2D eigenvalue weighted by Gasteiger charge is -2.09. The van der Waals surface area contributed by atoms with Gasteiger partial charge in [-0.25, -0.2) is 8.42 Å². The van der Waals surface area contributed by atoms with E-state index in [-0.39, 0.29) is 12.4 Å². The highest BCUT2D eigenvalue weighted by atomic mass is 32.2. The number of hydrogen-bond donors (Lipinski definition) is 3. The van der Waals surface area contributed by atoms with Gasteiger partial charge in [0.1, 0.15) is 5.25 Å². The van der Waals surface area contributed by atoms with Gasteiger partial charge < -0.3 is 16.3 Å². The monoisotopic (exact) mass is 223 g/mol. The lowest BCUT2D eigenvalue weighted by Crippen LogP contribution is -2.41. The number of carbonyl (C=O) groups is 1. The van der Waals surface area contributed by atoms with Gasteiger partial charge in [-0.2, -0.15) is 0 Å². The molecule has 1 amide bonds. The van der Waals surface area contributed by atoms with Crippen molar-refractivity contribution in [2.75, 3.05) is 12.8 Å². The van der Waals surface area contributed by atoms with Crippen LogP contribution in [-0.2, 0) is 14.6 Å². The Kier molecular flexibility index (Phi) is 4.35. The Bertz CT molecular complexity index is 335. The van der Waals surface area contributed by atoms with E-state index in [1.165, 1.54) is 6.92 Å². The number of oxime groups is 1. The van der Waals surface area contributed by atoms with E-state index in [1.807, 2.05) is 0 Å². The minimum atomic E-state index is -3.41. The number of sulfone groups is 1. The average molecular weight is 223 g/mol. The number of nitrogens with two attached hydrogens (primary N) is 1. The molecule has 0 spiro atoms. The topological polar surface area (TPSA) is 122 Å². The number of carbonyl (C=O) groups excluding carboxylic acids is 1. The molecule has 4 N–H and O–H groups in total. The first-order valence-corrected chi connectivity index (χ1v) is 5.67. The van der Waals surface area contributed by atoms with Crippen LogP contribution in [0.5, 0.6) is 0 Å². The molecule has 0 rings (SSSR count). The quantitative estimate of drug-likeness (QED) is 0.226. The van der Waals surface area contributed by atoms with Crippen molar-refractivity contribution in [2.24, 2.45) is 10.9 Å². The zero-order chi connectivity index (χ0) is 11.4. The van der Waals surface area contributed by atoms with Crippen LogP contribution in [0.3, 0.4) is 0 Å². The van der Waals surface area contributed by atoms with Gasteiger partial charge in [-0.3, -0.25) is 4.79 Å². The molecule has 0 heterocycles. The Morgan fingerprint density at radius 3 is 2.50 bits per heavy atom. The van der Waals surface area contributed by atoms with Gasteiger partial charge in [-0.15, -0.1) is 0 Å². The Morgan fingerprint density at radius 1 is 1.64 bits per heavy atom. The van der Waals surface area contributed by atoms with Crippen LogP contribution in [0.25, 0.3) is 0 Å². The highest BCUT2D eigenvalue weighted by Gasteiger charge is 2.23. The number of hydrogen-bond acceptors (Lipinski definition) is 5. The average Bonchev–Trinajstić information content (AvgIpc) is 2.10. The van der Waals surface area contributed by atoms with Gasteiger partial charge in [0, 0.05) is 6.26 Å². The SMILES string of the molecule is CC(C(=O)NCC(N)=NO)S(C)(=O)=O. The Balaban J connectivity index is 4.25. The van der Waals surface area contributed by atoms with E-state index in [0.717, 1.165) is 6.26 Å². The molecule has 0 saturated heterocycles. The summed E-state index contributed by atoms with van der Waals surface area (Å²) in [6.07, 6.45) is 0.959. The lowest BCUT2D eigenvalue weighted by molar-refractivity contribution is -0.120. The van der Waals surface area contributed by atoms with Crippen LogP contribution in [0.1, 0.15) is 6.92 Å². The molecule has 0 aromatic rings. The van der Waals surface area contributed by atoms with Crippen LogP contribution < -0.4 is 11.1 Å². The predicted octanol–water partition coefficient (Wildman–Crippen LogP) is -1.72. The van der Waals surface area contributed by atoms with Crippen molar-refractivity contribution < 1.29 is 18.4 Å². The highest BCUT2D eigenvalue weighted by Crippen LogP contribution is 1.96. The third kappa shape index (κ3) is 4.08. The van der Waals surface area contributed by atoms with Crippen molar-refractivity contribution in [3.8, 4) is 0 Å². The molecule has 82 valence electrons. The lowest BCUT2D eigenvalue weighted by atomic mass is 10.4. The van der Waals surface area contributed by atoms with Crippen molar-refractivity contribution in [2.45, 2.75) is 12.2 Å². The van der Waals surface area contributed by atoms with E-state index >= 15 is 0 Å². The largest absolute Gasteiger partial charge is 0.409 e. The number of nitrogens with zero attached hydrogens (tertiary/aromatic N) is 1. The third-order valence-corrected chi connectivity index (χ3v) is 3.08. The molecule has 0 aliphatic carbocycles. The van der Waals surface area contributed by atoms with Crippen molar-refractivity contribution >= 4 is 21.6 Å². The summed E-state index contributed by atoms with van der Waals surface area (Å²) in [5, 5.41) is 11.8. The third-order valence-electron chi connectivity index (χ3n) is 1.58. The first-order chi connectivity index (χ1) is 6.29. The van der Waals surface area contributed by atoms with Gasteiger partial charge >= 0.3 is 0 Å². The molecule has 1 unspecified atom stereocenters. The molecular weight excluding hydrogens is 210 g/mol. The summed E-state index contributed by atoms with van der Waals surface area (Å²) in [5.74, 6) is -0.877. The van der Waals surface area contributed by atoms with Crippen LogP contribution in [-0.4, -0.2) is 43.4 Å². The molecule has 7 nitrogen and oxygen atoms in total. The van der Waals surface area contributed by atoms with E-state index < -0.39 is 21.0 Å². The molecule has 14 heavy (non-hydrogen) atoms. The summed E-state index contributed by atoms with van der Waals surface area (Å²) in [4.78, 5) is 11.1. The standard InChI is InChI=1S/C6H13N3O4S/c1-4(14(2,12)13)6(10)8-3-5(7)9-11/h4,11H,3H2,1-2H3,(H2,7,9)(H,8,10). The molecule has 0 fully saturated rings. The van der Waals surface area contributed by atoms with Gasteiger partial charge in [0.25, 0.3) is 0 Å². The van der Waals surface area contributed by atoms with Crippen LogP contribution in [0.4, 0.5) is 0 Å². The molecular formula is C6H13N3O4S. The van der Waals surface area contributed by atoms with Crippen LogP contribution in [0.2, 0.25) is 0 Å². The maximum Gasteiger partial charge on any atom is 0.238 e. The first kappa shape index (κ1) is 12.7. The number of amidine groups is 1. The van der Waals surface area contributed by atoms with E-state index in [9.17, 15) is 13.2 Å². The van der Waals surface area contributed by atoms with Gasteiger partial charge in [-0.1, -0.05) is 5.16 Å². The second kappa shape index (κ2) is 4.80. The summed E-state index contributed by atoms with van der Waals surface area (Å²) < 4.78 is 21.8. The fourth-order valence-electron chi connectivity index (χ4n) is 0.551. The minimum absolute atomic E-state index is 0.185. The molecule has 0 bridgehead atoms. The van der Waals surface area contributed by atoms with Crippen LogP contribution in [0.15, 0.2) is 5.16 Å². The van der Waals surface area contributed by atoms with Gasteiger partial charge in [-0.05, 0) is 6.92 Å². The smallest absolute Gasteiger partial charge is 0.238 e. The second-order valence-electron chi connectivity index (χ2n) is 2.78. The fraction of sp³-hybridized carbons (Fsp3) is 0.667. The zero-order valence-corrected chi connectivity index (χ0v) is 8.71. The summed E-state index contributed by atoms with van der Waals surface area (Å²) >= 11 is 0. The van der Waals surface area contributed by atoms with Gasteiger partial charge in [0.15, 0.2) is 15.7 Å². The first-order valence-electron chi connectivity index (χ1n) is 3.72. The van der Waals surface area contributed by atoms with E-state index in [2.05, 4.69) is 10.5 Å². The number of amides is 1. The van der Waals surface area contributed by atoms with Crippen molar-refractivity contribution in [3.63, 3.8) is 0 Å². The summed E-state index contributed by atoms with van der Waals surface area (Å²) in [5.41, 5.74) is 5.07. The van der Waals surface area contributed by atoms with Crippen molar-refractivity contribution in [3.05, 3.63) is 0 Å². The van der Waals surface area contributed by atoms with Crippen molar-refractivity contribution in [1.82, 2.24) is 5.32 Å². The molecule has 0 saturated carbocycles. The summed E-state index contributed by atoms with van der Waals surface area (Å²) in [6, 6.07) is 0. The molecule has 0 aliphatic rings. The molecule has 1 atom stereocenters. The molecule has 8 heteroatoms. The van der Waals surface area contributed by atoms with E-state index in [0.29, 0.717) is 0 Å². The van der Waals surface area contributed by atoms with Gasteiger partial charge in [0.2, 0.25) is 5.91 Å². The molecule has 0 radical (unpaired) electrons. The predicted molar refractivity (Wildman–Crippen MR) is 50.7 cm³/mol. The Hall–Kier alpha value is -1.31. The fourth-order valence-corrected chi connectivity index (χ4v) is 1.02. The molecule has 0 aromatic carbocycles. The number of nitrogens with one attached hydrogen (secondary N) is 1. The Labute approximate surface area is 81.9 Å². The zero-order valence-electron chi connectivity index (χ0n) is 7.89. The summed E-state index contributed by atoms with van der Waals surface area (Å²) in [7, 11) is -3.41. The van der Waals surface area contributed by atoms with Crippen LogP contribution in [0, 0.1) is 0 Å². The van der Waals surface area contributed by atoms with E-state index in [4.69, 9.17) is 10.9 Å². The van der Waals surface area contributed by atoms with Crippen LogP contribution >= 0.6 is 0 Å². The van der Waals surface area contributed by atoms with Gasteiger partial charge in [0.05, 0.1) is 6.54 Å². The maximum atomic E-state index is 11.1. The highest BCUT2D eigenvalue weighted by molar-refractivity contribution is 7.92. The Morgan fingerprint density at radius 2 is 2.14 bits per heavy atom. The second-order valence-corrected chi connectivity index (χ2v) is 5.15. The molecule has 0 aromatic heterocycles. The number of rotatable bonds is 4.